The Bertz CT molecular complexity index is 1250. The predicted molar refractivity (Wildman–Crippen MR) is 132 cm³/mol. The molecule has 33 heavy (non-hydrogen) atoms. The van der Waals surface area contributed by atoms with Crippen molar-refractivity contribution in [3.05, 3.63) is 107 Å². The number of rotatable bonds is 8. The Labute approximate surface area is 198 Å². The fraction of sp³-hybridized carbons (Fsp3) is 0.222. The summed E-state index contributed by atoms with van der Waals surface area (Å²) in [6, 6.07) is 26.9. The van der Waals surface area contributed by atoms with Gasteiger partial charge in [-0.3, -0.25) is 9.36 Å². The van der Waals surface area contributed by atoms with E-state index in [1.54, 1.807) is 11.8 Å². The molecule has 1 aliphatic rings. The molecule has 0 spiro atoms. The lowest BCUT2D eigenvalue weighted by atomic mass is 10.1. The number of thioether (sulfide) groups is 1. The fourth-order valence-electron chi connectivity index (χ4n) is 3.74. The summed E-state index contributed by atoms with van der Waals surface area (Å²) in [7, 11) is 0. The Morgan fingerprint density at radius 2 is 1.67 bits per heavy atom. The van der Waals surface area contributed by atoms with Crippen molar-refractivity contribution < 1.29 is 4.79 Å². The van der Waals surface area contributed by atoms with Crippen molar-refractivity contribution in [1.29, 1.82) is 0 Å². The number of aryl methyl sites for hydroxylation is 1. The van der Waals surface area contributed by atoms with Crippen molar-refractivity contribution in [1.82, 2.24) is 20.1 Å². The predicted octanol–water partition coefficient (Wildman–Crippen LogP) is 5.35. The molecular weight excluding hydrogens is 428 g/mol. The molecule has 1 saturated carbocycles. The first-order valence-corrected chi connectivity index (χ1v) is 12.2. The monoisotopic (exact) mass is 454 g/mol. The van der Waals surface area contributed by atoms with E-state index in [-0.39, 0.29) is 5.91 Å². The van der Waals surface area contributed by atoms with Crippen molar-refractivity contribution in [3.8, 4) is 5.69 Å². The van der Waals surface area contributed by atoms with Crippen LogP contribution in [0.1, 0.15) is 45.7 Å². The zero-order valence-electron chi connectivity index (χ0n) is 18.6. The molecule has 6 heteroatoms. The van der Waals surface area contributed by atoms with Crippen LogP contribution in [0, 0.1) is 6.92 Å². The van der Waals surface area contributed by atoms with Gasteiger partial charge in [0.2, 0.25) is 0 Å². The van der Waals surface area contributed by atoms with Gasteiger partial charge >= 0.3 is 0 Å². The van der Waals surface area contributed by atoms with Crippen LogP contribution >= 0.6 is 11.8 Å². The van der Waals surface area contributed by atoms with E-state index in [0.717, 1.165) is 40.8 Å². The Kier molecular flexibility index (Phi) is 6.26. The summed E-state index contributed by atoms with van der Waals surface area (Å²) in [5.74, 6) is 1.69. The third kappa shape index (κ3) is 5.17. The highest BCUT2D eigenvalue weighted by atomic mass is 32.2. The van der Waals surface area contributed by atoms with Gasteiger partial charge in [-0.1, -0.05) is 72.4 Å². The Balaban J connectivity index is 1.36. The molecular formula is C27H26N4OS. The molecule has 0 bridgehead atoms. The van der Waals surface area contributed by atoms with Crippen LogP contribution < -0.4 is 5.32 Å². The van der Waals surface area contributed by atoms with Crippen LogP contribution in [0.3, 0.4) is 0 Å². The Morgan fingerprint density at radius 1 is 0.939 bits per heavy atom. The van der Waals surface area contributed by atoms with Crippen molar-refractivity contribution in [3.63, 3.8) is 0 Å². The van der Waals surface area contributed by atoms with E-state index in [9.17, 15) is 4.79 Å². The van der Waals surface area contributed by atoms with Crippen molar-refractivity contribution in [2.45, 2.75) is 43.1 Å². The molecule has 0 radical (unpaired) electrons. The van der Waals surface area contributed by atoms with Crippen molar-refractivity contribution in [2.24, 2.45) is 0 Å². The Hall–Kier alpha value is -3.38. The minimum atomic E-state index is 0.0153. The molecule has 0 atom stereocenters. The number of hydrogen-bond donors (Lipinski definition) is 1. The normalized spacial score (nSPS) is 13.1. The summed E-state index contributed by atoms with van der Waals surface area (Å²) in [6.07, 6.45) is 2.90. The van der Waals surface area contributed by atoms with E-state index in [4.69, 9.17) is 0 Å². The quantitative estimate of drug-likeness (QED) is 0.365. The lowest BCUT2D eigenvalue weighted by Crippen LogP contribution is -2.25. The SMILES string of the molecule is Cc1ccccc1-n1c(Cc2ccccc2)nnc1SCc1ccc(C(=O)NC2CC2)cc1. The second kappa shape index (κ2) is 9.63. The first-order valence-electron chi connectivity index (χ1n) is 11.2. The van der Waals surface area contributed by atoms with E-state index in [1.807, 2.05) is 48.5 Å². The van der Waals surface area contributed by atoms with Gasteiger partial charge in [0.1, 0.15) is 5.82 Å². The van der Waals surface area contributed by atoms with Crippen LogP contribution in [0.15, 0.2) is 84.0 Å². The van der Waals surface area contributed by atoms with Gasteiger partial charge in [-0.25, -0.2) is 0 Å². The molecule has 1 fully saturated rings. The average molecular weight is 455 g/mol. The second-order valence-electron chi connectivity index (χ2n) is 8.42. The van der Waals surface area contributed by atoms with E-state index in [1.165, 1.54) is 11.1 Å². The maximum atomic E-state index is 12.2. The minimum absolute atomic E-state index is 0.0153. The van der Waals surface area contributed by atoms with Gasteiger partial charge in [-0.05, 0) is 54.7 Å². The minimum Gasteiger partial charge on any atom is -0.349 e. The van der Waals surface area contributed by atoms with Gasteiger partial charge in [0.15, 0.2) is 5.16 Å². The summed E-state index contributed by atoms with van der Waals surface area (Å²) in [5, 5.41) is 13.0. The van der Waals surface area contributed by atoms with Crippen LogP contribution in [-0.4, -0.2) is 26.7 Å². The van der Waals surface area contributed by atoms with Gasteiger partial charge < -0.3 is 5.32 Å². The van der Waals surface area contributed by atoms with Gasteiger partial charge in [0.25, 0.3) is 5.91 Å². The number of nitrogens with one attached hydrogen (secondary N) is 1. The van der Waals surface area contributed by atoms with Crippen LogP contribution in [0.25, 0.3) is 5.69 Å². The molecule has 5 nitrogen and oxygen atoms in total. The summed E-state index contributed by atoms with van der Waals surface area (Å²) in [5.41, 5.74) is 5.34. The molecule has 5 rings (SSSR count). The number of carbonyl (C=O) groups excluding carboxylic acids is 1. The van der Waals surface area contributed by atoms with Crippen LogP contribution in [-0.2, 0) is 12.2 Å². The largest absolute Gasteiger partial charge is 0.349 e. The summed E-state index contributed by atoms with van der Waals surface area (Å²) >= 11 is 1.66. The second-order valence-corrected chi connectivity index (χ2v) is 9.36. The maximum Gasteiger partial charge on any atom is 0.251 e. The molecule has 1 aromatic heterocycles. The number of aromatic nitrogens is 3. The number of benzene rings is 3. The molecule has 166 valence electrons. The van der Waals surface area contributed by atoms with Gasteiger partial charge in [0.05, 0.1) is 5.69 Å². The van der Waals surface area contributed by atoms with Gasteiger partial charge in [0, 0.05) is 23.8 Å². The molecule has 1 N–H and O–H groups in total. The van der Waals surface area contributed by atoms with E-state index in [0.29, 0.717) is 18.0 Å². The first-order chi connectivity index (χ1) is 16.2. The molecule has 3 aromatic carbocycles. The van der Waals surface area contributed by atoms with Crippen LogP contribution in [0.4, 0.5) is 0 Å². The topological polar surface area (TPSA) is 59.8 Å². The van der Waals surface area contributed by atoms with Crippen LogP contribution in [0.5, 0.6) is 0 Å². The van der Waals surface area contributed by atoms with Gasteiger partial charge in [-0.2, -0.15) is 0 Å². The lowest BCUT2D eigenvalue weighted by Gasteiger charge is -2.13. The first kappa shape index (κ1) is 21.5. The summed E-state index contributed by atoms with van der Waals surface area (Å²) < 4.78 is 2.17. The van der Waals surface area contributed by atoms with Crippen molar-refractivity contribution >= 4 is 17.7 Å². The highest BCUT2D eigenvalue weighted by Crippen LogP contribution is 2.28. The number of amides is 1. The zero-order chi connectivity index (χ0) is 22.6. The zero-order valence-corrected chi connectivity index (χ0v) is 19.4. The smallest absolute Gasteiger partial charge is 0.251 e. The fourth-order valence-corrected chi connectivity index (χ4v) is 4.66. The lowest BCUT2D eigenvalue weighted by molar-refractivity contribution is 0.0951. The molecule has 0 aliphatic heterocycles. The van der Waals surface area contributed by atoms with E-state index >= 15 is 0 Å². The standard InChI is InChI=1S/C27H26N4OS/c1-19-7-5-6-10-24(19)31-25(17-20-8-3-2-4-9-20)29-30-27(31)33-18-21-11-13-22(14-12-21)26(32)28-23-15-16-23/h2-14,23H,15-18H2,1H3,(H,28,32). The number of para-hydroxylation sites is 1. The summed E-state index contributed by atoms with van der Waals surface area (Å²) in [6.45, 7) is 2.11. The van der Waals surface area contributed by atoms with E-state index < -0.39 is 0 Å². The third-order valence-electron chi connectivity index (χ3n) is 5.76. The molecule has 0 saturated heterocycles. The third-order valence-corrected chi connectivity index (χ3v) is 6.76. The number of nitrogens with zero attached hydrogens (tertiary/aromatic N) is 3. The highest BCUT2D eigenvalue weighted by Gasteiger charge is 2.23. The van der Waals surface area contributed by atoms with E-state index in [2.05, 4.69) is 57.3 Å². The molecule has 4 aromatic rings. The molecule has 0 unspecified atom stereocenters. The number of carbonyl (C=O) groups is 1. The molecule has 1 amide bonds. The van der Waals surface area contributed by atoms with Crippen molar-refractivity contribution in [2.75, 3.05) is 0 Å². The highest BCUT2D eigenvalue weighted by molar-refractivity contribution is 7.98. The Morgan fingerprint density at radius 3 is 2.39 bits per heavy atom. The van der Waals surface area contributed by atoms with Gasteiger partial charge in [-0.15, -0.1) is 10.2 Å². The van der Waals surface area contributed by atoms with Crippen LogP contribution in [0.2, 0.25) is 0 Å². The average Bonchev–Trinajstić information content (AvgIpc) is 3.58. The molecule has 1 heterocycles. The number of hydrogen-bond acceptors (Lipinski definition) is 4. The maximum absolute atomic E-state index is 12.2. The summed E-state index contributed by atoms with van der Waals surface area (Å²) in [4.78, 5) is 12.2. The molecule has 1 aliphatic carbocycles.